The molecular weight excluding hydrogens is 458 g/mol. The summed E-state index contributed by atoms with van der Waals surface area (Å²) >= 11 is 0. The number of nitrogens with one attached hydrogen (secondary N) is 1. The smallest absolute Gasteiger partial charge is 0.256 e. The predicted molar refractivity (Wildman–Crippen MR) is 136 cm³/mol. The molecule has 1 saturated heterocycles. The highest BCUT2D eigenvalue weighted by molar-refractivity contribution is 5.95. The van der Waals surface area contributed by atoms with Crippen LogP contribution in [0.25, 0.3) is 10.9 Å². The number of likely N-dealkylation sites (tertiary alicyclic amines) is 1. The molecule has 1 fully saturated rings. The van der Waals surface area contributed by atoms with E-state index in [1.165, 1.54) is 0 Å². The first-order valence-electron chi connectivity index (χ1n) is 12.3. The van der Waals surface area contributed by atoms with Crippen LogP contribution in [0.15, 0.2) is 42.7 Å². The summed E-state index contributed by atoms with van der Waals surface area (Å²) in [5, 5.41) is 11.6. The van der Waals surface area contributed by atoms with Gasteiger partial charge in [0.15, 0.2) is 0 Å². The lowest BCUT2D eigenvalue weighted by Crippen LogP contribution is -2.56. The Hall–Kier alpha value is -3.43. The van der Waals surface area contributed by atoms with Crippen LogP contribution in [-0.2, 0) is 10.2 Å². The van der Waals surface area contributed by atoms with E-state index < -0.39 is 6.04 Å². The van der Waals surface area contributed by atoms with Crippen LogP contribution >= 0.6 is 0 Å². The normalized spacial score (nSPS) is 19.1. The van der Waals surface area contributed by atoms with E-state index in [1.807, 2.05) is 36.0 Å². The molecule has 2 aromatic heterocycles. The molecule has 1 spiro atoms. The third kappa shape index (κ3) is 4.12. The Morgan fingerprint density at radius 3 is 2.67 bits per heavy atom. The van der Waals surface area contributed by atoms with Gasteiger partial charge < -0.3 is 29.5 Å². The Morgan fingerprint density at radius 2 is 2.03 bits per heavy atom. The molecule has 1 aromatic carbocycles. The Balaban J connectivity index is 1.59. The van der Waals surface area contributed by atoms with E-state index in [4.69, 9.17) is 4.74 Å². The molecule has 9 heteroatoms. The highest BCUT2D eigenvalue weighted by Crippen LogP contribution is 2.49. The molecule has 0 aliphatic carbocycles. The molecule has 4 heterocycles. The van der Waals surface area contributed by atoms with Crippen molar-refractivity contribution in [2.24, 2.45) is 0 Å². The first kappa shape index (κ1) is 24.3. The van der Waals surface area contributed by atoms with Crippen LogP contribution in [0.1, 0.15) is 40.5 Å². The number of aliphatic hydroxyl groups excluding tert-OH is 1. The molecule has 0 saturated carbocycles. The second-order valence-corrected chi connectivity index (χ2v) is 10.1. The molecule has 0 bridgehead atoms. The van der Waals surface area contributed by atoms with Gasteiger partial charge in [0.05, 0.1) is 31.9 Å². The number of pyridine rings is 1. The number of carbonyl (C=O) groups is 2. The van der Waals surface area contributed by atoms with Crippen molar-refractivity contribution in [2.45, 2.75) is 24.3 Å². The number of benzene rings is 1. The van der Waals surface area contributed by atoms with Crippen molar-refractivity contribution in [1.29, 1.82) is 0 Å². The highest BCUT2D eigenvalue weighted by Gasteiger charge is 2.49. The van der Waals surface area contributed by atoms with Gasteiger partial charge in [-0.2, -0.15) is 0 Å². The standard InChI is InChI=1S/C27H33N5O4/c1-30(2)15-23(34)31-11-8-27(9-12-31)17-32(26(35)18-5-4-10-28-14-18)22(16-33)25-24(27)20-7-6-19(36-3)13-21(20)29-25/h4-7,10,13-14,22,29,33H,8-9,11-12,15-17H2,1-3H3/t22-/m0/s1. The Labute approximate surface area is 210 Å². The van der Waals surface area contributed by atoms with E-state index >= 15 is 0 Å². The molecule has 0 radical (unpaired) electrons. The van der Waals surface area contributed by atoms with Gasteiger partial charge in [0.1, 0.15) is 5.75 Å². The first-order chi connectivity index (χ1) is 17.4. The number of H-pyrrole nitrogens is 1. The van der Waals surface area contributed by atoms with Crippen LogP contribution in [0.2, 0.25) is 0 Å². The van der Waals surface area contributed by atoms with Crippen LogP contribution in [-0.4, -0.2) is 95.6 Å². The predicted octanol–water partition coefficient (Wildman–Crippen LogP) is 2.18. The number of hydrogen-bond acceptors (Lipinski definition) is 6. The molecule has 1 atom stereocenters. The second-order valence-electron chi connectivity index (χ2n) is 10.1. The summed E-state index contributed by atoms with van der Waals surface area (Å²) in [7, 11) is 5.43. The second kappa shape index (κ2) is 9.55. The third-order valence-electron chi connectivity index (χ3n) is 7.61. The average molecular weight is 492 g/mol. The van der Waals surface area contributed by atoms with Gasteiger partial charge in [0.2, 0.25) is 5.91 Å². The van der Waals surface area contributed by atoms with E-state index in [1.54, 1.807) is 36.5 Å². The number of aliphatic hydroxyl groups is 1. The Bertz CT molecular complexity index is 1260. The minimum absolute atomic E-state index is 0.117. The van der Waals surface area contributed by atoms with Gasteiger partial charge in [0.25, 0.3) is 5.91 Å². The van der Waals surface area contributed by atoms with Crippen molar-refractivity contribution in [3.05, 3.63) is 59.5 Å². The molecule has 36 heavy (non-hydrogen) atoms. The summed E-state index contributed by atoms with van der Waals surface area (Å²) in [5.41, 5.74) is 3.07. The van der Waals surface area contributed by atoms with E-state index in [-0.39, 0.29) is 23.8 Å². The van der Waals surface area contributed by atoms with Crippen LogP contribution < -0.4 is 4.74 Å². The zero-order chi connectivity index (χ0) is 25.4. The van der Waals surface area contributed by atoms with Gasteiger partial charge in [0, 0.05) is 60.1 Å². The number of amides is 2. The zero-order valence-electron chi connectivity index (χ0n) is 21.0. The fraction of sp³-hybridized carbons (Fsp3) is 0.444. The molecule has 190 valence electrons. The van der Waals surface area contributed by atoms with Crippen LogP contribution in [0.5, 0.6) is 5.75 Å². The summed E-state index contributed by atoms with van der Waals surface area (Å²) in [6, 6.07) is 8.95. The van der Waals surface area contributed by atoms with Crippen molar-refractivity contribution in [3.63, 3.8) is 0 Å². The number of piperidine rings is 1. The van der Waals surface area contributed by atoms with Gasteiger partial charge in [-0.15, -0.1) is 0 Å². The summed E-state index contributed by atoms with van der Waals surface area (Å²) in [6.45, 7) is 1.88. The highest BCUT2D eigenvalue weighted by atomic mass is 16.5. The van der Waals surface area contributed by atoms with Crippen LogP contribution in [0.3, 0.4) is 0 Å². The number of methoxy groups -OCH3 is 1. The van der Waals surface area contributed by atoms with Gasteiger partial charge in [-0.3, -0.25) is 14.6 Å². The van der Waals surface area contributed by atoms with Crippen LogP contribution in [0.4, 0.5) is 0 Å². The summed E-state index contributed by atoms with van der Waals surface area (Å²) in [4.78, 5) is 39.7. The molecule has 3 aromatic rings. The minimum Gasteiger partial charge on any atom is -0.497 e. The molecule has 2 amide bonds. The lowest BCUT2D eigenvalue weighted by molar-refractivity contribution is -0.133. The fourth-order valence-electron chi connectivity index (χ4n) is 5.84. The zero-order valence-corrected chi connectivity index (χ0v) is 21.0. The number of ether oxygens (including phenoxy) is 1. The monoisotopic (exact) mass is 491 g/mol. The largest absolute Gasteiger partial charge is 0.497 e. The van der Waals surface area contributed by atoms with Gasteiger partial charge in [-0.1, -0.05) is 0 Å². The van der Waals surface area contributed by atoms with Crippen molar-refractivity contribution >= 4 is 22.7 Å². The lowest BCUT2D eigenvalue weighted by Gasteiger charge is -2.50. The lowest BCUT2D eigenvalue weighted by atomic mass is 9.68. The first-order valence-corrected chi connectivity index (χ1v) is 12.3. The Kier molecular flexibility index (Phi) is 6.44. The summed E-state index contributed by atoms with van der Waals surface area (Å²) < 4.78 is 5.44. The molecular formula is C27H33N5O4. The number of likely N-dealkylation sites (N-methyl/N-ethyl adjacent to an activating group) is 1. The number of aromatic amines is 1. The quantitative estimate of drug-likeness (QED) is 0.567. The average Bonchev–Trinajstić information content (AvgIpc) is 3.28. The summed E-state index contributed by atoms with van der Waals surface area (Å²) in [5.74, 6) is 0.698. The molecule has 5 rings (SSSR count). The number of nitrogens with zero attached hydrogens (tertiary/aromatic N) is 4. The fourth-order valence-corrected chi connectivity index (χ4v) is 5.84. The number of rotatable bonds is 5. The maximum Gasteiger partial charge on any atom is 0.256 e. The van der Waals surface area contributed by atoms with Crippen molar-refractivity contribution in [2.75, 3.05) is 54.0 Å². The molecule has 2 aliphatic heterocycles. The number of hydrogen-bond donors (Lipinski definition) is 2. The van der Waals surface area contributed by atoms with Gasteiger partial charge >= 0.3 is 0 Å². The van der Waals surface area contributed by atoms with Crippen LogP contribution in [0, 0.1) is 0 Å². The van der Waals surface area contributed by atoms with E-state index in [9.17, 15) is 14.7 Å². The van der Waals surface area contributed by atoms with Gasteiger partial charge in [-0.25, -0.2) is 0 Å². The maximum absolute atomic E-state index is 13.7. The van der Waals surface area contributed by atoms with Crippen molar-refractivity contribution in [1.82, 2.24) is 24.7 Å². The van der Waals surface area contributed by atoms with E-state index in [2.05, 4.69) is 16.0 Å². The van der Waals surface area contributed by atoms with Crippen molar-refractivity contribution in [3.8, 4) is 5.75 Å². The van der Waals surface area contributed by atoms with Crippen molar-refractivity contribution < 1.29 is 19.4 Å². The van der Waals surface area contributed by atoms with Gasteiger partial charge in [-0.05, 0) is 56.8 Å². The summed E-state index contributed by atoms with van der Waals surface area (Å²) in [6.07, 6.45) is 4.67. The molecule has 9 nitrogen and oxygen atoms in total. The molecule has 2 aliphatic rings. The third-order valence-corrected chi connectivity index (χ3v) is 7.61. The number of fused-ring (bicyclic) bond motifs is 4. The SMILES string of the molecule is COc1ccc2c3c([nH]c2c1)[C@H](CO)N(C(=O)c1cccnc1)CC31CCN(C(=O)CN(C)C)CC1. The topological polar surface area (TPSA) is 102 Å². The Morgan fingerprint density at radius 1 is 1.25 bits per heavy atom. The maximum atomic E-state index is 13.7. The van der Waals surface area contributed by atoms with E-state index in [0.29, 0.717) is 31.7 Å². The molecule has 0 unspecified atom stereocenters. The van der Waals surface area contributed by atoms with E-state index in [0.717, 1.165) is 40.8 Å². The number of carbonyl (C=O) groups excluding carboxylic acids is 2. The minimum atomic E-state index is -0.509. The number of aromatic nitrogens is 2. The molecule has 2 N–H and O–H groups in total.